The van der Waals surface area contributed by atoms with Gasteiger partial charge in [-0.3, -0.25) is 0 Å². The van der Waals surface area contributed by atoms with Gasteiger partial charge in [-0.05, 0) is 35.2 Å². The monoisotopic (exact) mass is 194 g/mol. The average Bonchev–Trinajstić information content (AvgIpc) is 2.25. The molecule has 0 radical (unpaired) electrons. The van der Waals surface area contributed by atoms with E-state index in [0.717, 1.165) is 21.6 Å². The van der Waals surface area contributed by atoms with Gasteiger partial charge in [0.25, 0.3) is 0 Å². The van der Waals surface area contributed by atoms with Crippen molar-refractivity contribution in [3.05, 3.63) is 41.4 Å². The number of hydrogen-bond acceptors (Lipinski definition) is 2. The van der Waals surface area contributed by atoms with E-state index in [2.05, 4.69) is 29.5 Å². The van der Waals surface area contributed by atoms with E-state index in [1.807, 2.05) is 18.2 Å². The molecule has 0 spiro atoms. The maximum absolute atomic E-state index is 4.27. The molecule has 0 saturated carbocycles. The van der Waals surface area contributed by atoms with Crippen LogP contribution in [0.1, 0.15) is 5.56 Å². The van der Waals surface area contributed by atoms with Crippen LogP contribution in [0.3, 0.4) is 0 Å². The van der Waals surface area contributed by atoms with Crippen molar-refractivity contribution in [2.75, 3.05) is 0 Å². The highest BCUT2D eigenvalue weighted by Gasteiger charge is 2.05. The summed E-state index contributed by atoms with van der Waals surface area (Å²) in [5.41, 5.74) is 3.21. The van der Waals surface area contributed by atoms with E-state index in [-0.39, 0.29) is 0 Å². The minimum Gasteiger partial charge on any atom is -0.236 e. The Kier molecular flexibility index (Phi) is 1.54. The largest absolute Gasteiger partial charge is 0.236 e. The van der Waals surface area contributed by atoms with Crippen LogP contribution < -0.4 is 5.22 Å². The van der Waals surface area contributed by atoms with Gasteiger partial charge >= 0.3 is 0 Å². The van der Waals surface area contributed by atoms with Gasteiger partial charge in [0, 0.05) is 5.39 Å². The molecule has 0 aliphatic carbocycles. The van der Waals surface area contributed by atoms with E-state index >= 15 is 0 Å². The molecule has 0 unspecified atom stereocenters. The molecule has 1 heterocycles. The fraction of sp³-hybridized carbons (Fsp3) is 0.0769. The quantitative estimate of drug-likeness (QED) is 0.548. The Bertz CT molecular complexity index is 685. The normalized spacial score (nSPS) is 11.3. The van der Waals surface area contributed by atoms with Crippen molar-refractivity contribution in [3.8, 4) is 0 Å². The van der Waals surface area contributed by atoms with Gasteiger partial charge in [0.15, 0.2) is 0 Å². The minimum atomic E-state index is 0.992. The molecule has 2 aromatic carbocycles. The van der Waals surface area contributed by atoms with Crippen molar-refractivity contribution in [3.63, 3.8) is 0 Å². The van der Waals surface area contributed by atoms with Crippen LogP contribution in [0.2, 0.25) is 0 Å². The van der Waals surface area contributed by atoms with Crippen molar-refractivity contribution >= 4 is 28.4 Å². The summed E-state index contributed by atoms with van der Waals surface area (Å²) in [6, 6.07) is 8.13. The predicted octanol–water partition coefficient (Wildman–Crippen LogP) is 2.22. The zero-order valence-electron chi connectivity index (χ0n) is 8.49. The first-order valence-electron chi connectivity index (χ1n) is 4.89. The van der Waals surface area contributed by atoms with E-state index in [9.17, 15) is 0 Å². The Hall–Kier alpha value is -1.96. The highest BCUT2D eigenvalue weighted by molar-refractivity contribution is 6.08. The van der Waals surface area contributed by atoms with Crippen LogP contribution in [-0.4, -0.2) is 9.97 Å². The fourth-order valence-corrected chi connectivity index (χ4v) is 2.08. The summed E-state index contributed by atoms with van der Waals surface area (Å²) in [6.45, 7) is 6.15. The lowest BCUT2D eigenvalue weighted by Crippen LogP contribution is -2.02. The molecule has 0 atom stereocenters. The Balaban J connectivity index is 2.79. The van der Waals surface area contributed by atoms with Crippen LogP contribution >= 0.6 is 0 Å². The maximum atomic E-state index is 4.27. The molecule has 0 N–H and O–H groups in total. The first-order chi connectivity index (χ1) is 7.27. The lowest BCUT2D eigenvalue weighted by Gasteiger charge is -2.06. The zero-order chi connectivity index (χ0) is 10.4. The molecule has 0 bridgehead atoms. The zero-order valence-corrected chi connectivity index (χ0v) is 8.49. The van der Waals surface area contributed by atoms with Crippen LogP contribution in [0.25, 0.3) is 28.4 Å². The van der Waals surface area contributed by atoms with Gasteiger partial charge in [-0.25, -0.2) is 9.97 Å². The van der Waals surface area contributed by atoms with Gasteiger partial charge in [0.05, 0.1) is 11.0 Å². The summed E-state index contributed by atoms with van der Waals surface area (Å²) in [5, 5.41) is 3.36. The summed E-state index contributed by atoms with van der Waals surface area (Å²) in [5.74, 6) is 0. The average molecular weight is 194 g/mol. The van der Waals surface area contributed by atoms with Crippen LogP contribution in [0.4, 0.5) is 0 Å². The Labute approximate surface area is 87.3 Å². The number of rotatable bonds is 0. The van der Waals surface area contributed by atoms with Crippen molar-refractivity contribution in [2.24, 2.45) is 0 Å². The van der Waals surface area contributed by atoms with Gasteiger partial charge < -0.3 is 0 Å². The number of aryl methyl sites for hydroxylation is 1. The summed E-state index contributed by atoms with van der Waals surface area (Å²) in [4.78, 5) is 8.55. The van der Waals surface area contributed by atoms with E-state index < -0.39 is 0 Å². The topological polar surface area (TPSA) is 25.8 Å². The first-order valence-corrected chi connectivity index (χ1v) is 4.89. The highest BCUT2D eigenvalue weighted by Crippen LogP contribution is 2.23. The molecule has 2 nitrogen and oxygen atoms in total. The van der Waals surface area contributed by atoms with Gasteiger partial charge in [-0.2, -0.15) is 0 Å². The molecule has 0 aliphatic heterocycles. The Morgan fingerprint density at radius 2 is 1.60 bits per heavy atom. The van der Waals surface area contributed by atoms with Gasteiger partial charge in [-0.1, -0.05) is 18.7 Å². The Morgan fingerprint density at radius 1 is 0.933 bits per heavy atom. The second-order valence-corrected chi connectivity index (χ2v) is 3.77. The highest BCUT2D eigenvalue weighted by atomic mass is 14.8. The number of hydrogen-bond donors (Lipinski definition) is 0. The molecule has 2 heteroatoms. The molecule has 0 aliphatic rings. The second-order valence-electron chi connectivity index (χ2n) is 3.77. The molecule has 15 heavy (non-hydrogen) atoms. The van der Waals surface area contributed by atoms with Crippen LogP contribution in [0, 0.1) is 6.92 Å². The summed E-state index contributed by atoms with van der Waals surface area (Å²) >= 11 is 0. The van der Waals surface area contributed by atoms with Gasteiger partial charge in [-0.15, -0.1) is 0 Å². The van der Waals surface area contributed by atoms with Gasteiger partial charge in [0.1, 0.15) is 6.33 Å². The molecule has 72 valence electrons. The van der Waals surface area contributed by atoms with Crippen molar-refractivity contribution in [2.45, 2.75) is 6.92 Å². The third-order valence-corrected chi connectivity index (χ3v) is 2.80. The Morgan fingerprint density at radius 3 is 2.33 bits per heavy atom. The molecular weight excluding hydrogens is 184 g/mol. The van der Waals surface area contributed by atoms with E-state index in [4.69, 9.17) is 0 Å². The lowest BCUT2D eigenvalue weighted by atomic mass is 10.0. The first kappa shape index (κ1) is 8.36. The van der Waals surface area contributed by atoms with E-state index in [1.165, 1.54) is 10.9 Å². The van der Waals surface area contributed by atoms with Crippen molar-refractivity contribution < 1.29 is 0 Å². The number of benzene rings is 2. The molecule has 3 aromatic rings. The number of aromatic nitrogens is 2. The molecule has 3 rings (SSSR count). The molecule has 0 fully saturated rings. The summed E-state index contributed by atoms with van der Waals surface area (Å²) in [6.07, 6.45) is 1.61. The second kappa shape index (κ2) is 2.76. The molecule has 0 amide bonds. The minimum absolute atomic E-state index is 0.992. The van der Waals surface area contributed by atoms with Crippen molar-refractivity contribution in [1.29, 1.82) is 0 Å². The predicted molar refractivity (Wildman–Crippen MR) is 62.5 cm³/mol. The SMILES string of the molecule is C=c1ccc2ncnc3ccc(C)c1c32. The molecule has 1 aromatic heterocycles. The van der Waals surface area contributed by atoms with E-state index in [0.29, 0.717) is 0 Å². The maximum Gasteiger partial charge on any atom is 0.116 e. The lowest BCUT2D eigenvalue weighted by molar-refractivity contribution is 1.26. The number of nitrogens with zero attached hydrogens (tertiary/aromatic N) is 2. The third kappa shape index (κ3) is 1.05. The van der Waals surface area contributed by atoms with E-state index in [1.54, 1.807) is 6.33 Å². The van der Waals surface area contributed by atoms with Gasteiger partial charge in [0.2, 0.25) is 0 Å². The third-order valence-electron chi connectivity index (χ3n) is 2.80. The fourth-order valence-electron chi connectivity index (χ4n) is 2.08. The van der Waals surface area contributed by atoms with Crippen LogP contribution in [0.5, 0.6) is 0 Å². The van der Waals surface area contributed by atoms with Crippen LogP contribution in [-0.2, 0) is 0 Å². The molecular formula is C13H10N2. The summed E-state index contributed by atoms with van der Waals surface area (Å²) in [7, 11) is 0. The smallest absolute Gasteiger partial charge is 0.116 e. The molecule has 0 saturated heterocycles. The van der Waals surface area contributed by atoms with Crippen molar-refractivity contribution in [1.82, 2.24) is 9.97 Å². The van der Waals surface area contributed by atoms with Crippen LogP contribution in [0.15, 0.2) is 30.6 Å². The summed E-state index contributed by atoms with van der Waals surface area (Å²) < 4.78 is 0. The standard InChI is InChI=1S/C13H10N2/c1-8-3-5-10-13-11(15-7-14-10)6-4-9(2)12(8)13/h3-7H,1H2,2H3.